The van der Waals surface area contributed by atoms with Gasteiger partial charge in [-0.2, -0.15) is 0 Å². The molecule has 43 heavy (non-hydrogen) atoms. The lowest BCUT2D eigenvalue weighted by Crippen LogP contribution is -2.57. The van der Waals surface area contributed by atoms with Crippen LogP contribution in [0.3, 0.4) is 0 Å². The minimum Gasteiger partial charge on any atom is -0.453 e. The van der Waals surface area contributed by atoms with Crippen LogP contribution in [-0.2, 0) is 33.7 Å². The minimum absolute atomic E-state index is 0.0847. The van der Waals surface area contributed by atoms with E-state index in [2.05, 4.69) is 74.7 Å². The molecule has 4 N–H and O–H groups in total. The van der Waals surface area contributed by atoms with Crippen molar-refractivity contribution in [3.8, 4) is 0 Å². The Balaban J connectivity index is 0.000000319. The SMILES string of the molecule is COC(=O)NC(C(=O)NN(CCC(N)=O)Cc1ccc(Br)cc1)C(C)(C)C.Cc1ccccc1.c1ccc2c(c1)CCC2. The quantitative estimate of drug-likeness (QED) is 0.255. The third-order valence-electron chi connectivity index (χ3n) is 6.71. The van der Waals surface area contributed by atoms with Gasteiger partial charge in [0.05, 0.1) is 7.11 Å². The molecule has 232 valence electrons. The first-order chi connectivity index (χ1) is 20.4. The van der Waals surface area contributed by atoms with Gasteiger partial charge in [0, 0.05) is 24.0 Å². The Hall–Kier alpha value is -3.69. The predicted octanol–water partition coefficient (Wildman–Crippen LogP) is 6.10. The molecule has 3 aromatic rings. The maximum absolute atomic E-state index is 12.8. The summed E-state index contributed by atoms with van der Waals surface area (Å²) < 4.78 is 5.55. The first kappa shape index (κ1) is 35.5. The number of nitrogens with zero attached hydrogens (tertiary/aromatic N) is 1. The second-order valence-corrected chi connectivity index (χ2v) is 12.4. The maximum Gasteiger partial charge on any atom is 0.407 e. The van der Waals surface area contributed by atoms with Crippen LogP contribution in [0.5, 0.6) is 0 Å². The number of aryl methyl sites for hydroxylation is 3. The van der Waals surface area contributed by atoms with E-state index in [1.165, 1.54) is 31.9 Å². The summed E-state index contributed by atoms with van der Waals surface area (Å²) in [6, 6.07) is 25.8. The monoisotopic (exact) mass is 652 g/mol. The molecule has 1 aliphatic carbocycles. The number of carbonyl (C=O) groups is 3. The first-order valence-electron chi connectivity index (χ1n) is 14.4. The Bertz CT molecular complexity index is 1270. The summed E-state index contributed by atoms with van der Waals surface area (Å²) in [5.74, 6) is -0.875. The Kier molecular flexibility index (Phi) is 14.9. The highest BCUT2D eigenvalue weighted by molar-refractivity contribution is 9.10. The standard InChI is InChI=1S/C18H27BrN4O4.C9H10.C7H8/c1-18(2,3)15(21-17(26)27-4)16(25)22-23(10-9-14(20)24)11-12-5-7-13(19)8-6-12;1-2-5-9-7-3-6-8(9)4-1;1-7-5-3-2-4-6-7/h5-8,15H,9-11H2,1-4H3,(H2,20,24)(H,21,26)(H,22,25);1-2,4-5H,3,6-7H2;2-6H,1H3. The van der Waals surface area contributed by atoms with E-state index < -0.39 is 29.4 Å². The lowest BCUT2D eigenvalue weighted by atomic mass is 9.86. The molecule has 1 unspecified atom stereocenters. The van der Waals surface area contributed by atoms with Crippen molar-refractivity contribution in [2.45, 2.75) is 66.0 Å². The second kappa shape index (κ2) is 18.1. The summed E-state index contributed by atoms with van der Waals surface area (Å²) in [5, 5.41) is 4.16. The predicted molar refractivity (Wildman–Crippen MR) is 175 cm³/mol. The number of benzene rings is 3. The van der Waals surface area contributed by atoms with Crippen LogP contribution in [0.4, 0.5) is 4.79 Å². The number of fused-ring (bicyclic) bond motifs is 1. The molecule has 0 fully saturated rings. The van der Waals surface area contributed by atoms with E-state index in [9.17, 15) is 14.4 Å². The molecule has 0 saturated heterocycles. The van der Waals surface area contributed by atoms with E-state index in [0.717, 1.165) is 10.0 Å². The van der Waals surface area contributed by atoms with E-state index in [0.29, 0.717) is 6.54 Å². The molecule has 0 radical (unpaired) electrons. The van der Waals surface area contributed by atoms with Gasteiger partial charge >= 0.3 is 6.09 Å². The summed E-state index contributed by atoms with van der Waals surface area (Å²) in [4.78, 5) is 35.6. The lowest BCUT2D eigenvalue weighted by Gasteiger charge is -2.32. The van der Waals surface area contributed by atoms with E-state index in [1.54, 1.807) is 16.1 Å². The van der Waals surface area contributed by atoms with Crippen LogP contribution >= 0.6 is 15.9 Å². The third-order valence-corrected chi connectivity index (χ3v) is 7.24. The largest absolute Gasteiger partial charge is 0.453 e. The van der Waals surface area contributed by atoms with Crippen molar-refractivity contribution in [3.63, 3.8) is 0 Å². The number of primary amides is 1. The van der Waals surface area contributed by atoms with Crippen molar-refractivity contribution in [2.75, 3.05) is 13.7 Å². The van der Waals surface area contributed by atoms with Crippen LogP contribution in [0.2, 0.25) is 0 Å². The number of rotatable bonds is 8. The Morgan fingerprint density at radius 3 is 1.95 bits per heavy atom. The normalized spacial score (nSPS) is 12.4. The summed E-state index contributed by atoms with van der Waals surface area (Å²) >= 11 is 3.38. The fourth-order valence-corrected chi connectivity index (χ4v) is 4.62. The van der Waals surface area contributed by atoms with E-state index in [4.69, 9.17) is 5.73 Å². The number of hydrogen-bond acceptors (Lipinski definition) is 5. The molecule has 0 aliphatic heterocycles. The smallest absolute Gasteiger partial charge is 0.407 e. The first-order valence-corrected chi connectivity index (χ1v) is 15.2. The molecule has 1 atom stereocenters. The Morgan fingerprint density at radius 2 is 1.49 bits per heavy atom. The average molecular weight is 654 g/mol. The van der Waals surface area contributed by atoms with Crippen molar-refractivity contribution in [1.82, 2.24) is 15.8 Å². The zero-order valence-electron chi connectivity index (χ0n) is 25.9. The summed E-state index contributed by atoms with van der Waals surface area (Å²) in [5.41, 5.74) is 12.9. The Labute approximate surface area is 264 Å². The molecular weight excluding hydrogens is 608 g/mol. The van der Waals surface area contributed by atoms with E-state index >= 15 is 0 Å². The summed E-state index contributed by atoms with van der Waals surface area (Å²) in [6.07, 6.45) is 3.36. The van der Waals surface area contributed by atoms with Crippen LogP contribution in [0.25, 0.3) is 0 Å². The molecule has 0 bridgehead atoms. The van der Waals surface area contributed by atoms with Crippen LogP contribution in [-0.4, -0.2) is 42.6 Å². The van der Waals surface area contributed by atoms with E-state index in [1.807, 2.05) is 63.2 Å². The van der Waals surface area contributed by atoms with Gasteiger partial charge in [-0.25, -0.2) is 9.80 Å². The van der Waals surface area contributed by atoms with Crippen molar-refractivity contribution in [2.24, 2.45) is 11.1 Å². The fourth-order valence-electron chi connectivity index (χ4n) is 4.35. The third kappa shape index (κ3) is 13.9. The van der Waals surface area contributed by atoms with Crippen LogP contribution in [0.15, 0.2) is 83.3 Å². The summed E-state index contributed by atoms with van der Waals surface area (Å²) in [7, 11) is 1.24. The molecule has 0 saturated carbocycles. The van der Waals surface area contributed by atoms with Crippen LogP contribution in [0.1, 0.15) is 55.9 Å². The highest BCUT2D eigenvalue weighted by Crippen LogP contribution is 2.21. The molecule has 8 nitrogen and oxygen atoms in total. The molecule has 9 heteroatoms. The molecule has 3 amide bonds. The number of hydrazine groups is 1. The molecule has 4 rings (SSSR count). The van der Waals surface area contributed by atoms with Gasteiger partial charge in [0.1, 0.15) is 6.04 Å². The van der Waals surface area contributed by atoms with Crippen LogP contribution in [0, 0.1) is 12.3 Å². The van der Waals surface area contributed by atoms with Crippen molar-refractivity contribution in [3.05, 3.63) is 106 Å². The molecule has 0 aromatic heterocycles. The number of methoxy groups -OCH3 is 1. The zero-order chi connectivity index (χ0) is 31.8. The van der Waals surface area contributed by atoms with Crippen molar-refractivity contribution >= 4 is 33.8 Å². The van der Waals surface area contributed by atoms with Crippen molar-refractivity contribution in [1.29, 1.82) is 0 Å². The van der Waals surface area contributed by atoms with Gasteiger partial charge in [0.15, 0.2) is 0 Å². The molecule has 0 heterocycles. The number of halogens is 1. The number of nitrogens with one attached hydrogen (secondary N) is 2. The maximum atomic E-state index is 12.8. The number of carbonyl (C=O) groups excluding carboxylic acids is 3. The van der Waals surface area contributed by atoms with Crippen LogP contribution < -0.4 is 16.5 Å². The van der Waals surface area contributed by atoms with Gasteiger partial charge in [0.25, 0.3) is 5.91 Å². The summed E-state index contributed by atoms with van der Waals surface area (Å²) in [6.45, 7) is 8.19. The number of hydrogen-bond donors (Lipinski definition) is 3. The minimum atomic E-state index is -0.828. The molecule has 3 aromatic carbocycles. The highest BCUT2D eigenvalue weighted by Gasteiger charge is 2.34. The van der Waals surface area contributed by atoms with Gasteiger partial charge in [-0.3, -0.25) is 15.0 Å². The van der Waals surface area contributed by atoms with E-state index in [-0.39, 0.29) is 13.0 Å². The number of amides is 3. The lowest BCUT2D eigenvalue weighted by molar-refractivity contribution is -0.131. The number of alkyl carbamates (subject to hydrolysis) is 1. The van der Waals surface area contributed by atoms with Gasteiger partial charge in [-0.15, -0.1) is 0 Å². The van der Waals surface area contributed by atoms with Gasteiger partial charge in [0.2, 0.25) is 5.91 Å². The van der Waals surface area contributed by atoms with Gasteiger partial charge in [-0.1, -0.05) is 109 Å². The Morgan fingerprint density at radius 1 is 0.930 bits per heavy atom. The molecule has 0 spiro atoms. The fraction of sp³-hybridized carbons (Fsp3) is 0.382. The van der Waals surface area contributed by atoms with Gasteiger partial charge < -0.3 is 15.8 Å². The molecular formula is C34H45BrN4O4. The average Bonchev–Trinajstić information content (AvgIpc) is 3.45. The number of ether oxygens (including phenoxy) is 1. The van der Waals surface area contributed by atoms with Gasteiger partial charge in [-0.05, 0) is 60.4 Å². The van der Waals surface area contributed by atoms with Crippen molar-refractivity contribution < 1.29 is 19.1 Å². The highest BCUT2D eigenvalue weighted by atomic mass is 79.9. The molecule has 1 aliphatic rings. The zero-order valence-corrected chi connectivity index (χ0v) is 27.4. The topological polar surface area (TPSA) is 114 Å². The number of nitrogens with two attached hydrogens (primary N) is 1. The second-order valence-electron chi connectivity index (χ2n) is 11.5.